The van der Waals surface area contributed by atoms with Crippen LogP contribution in [0.15, 0.2) is 49.1 Å². The van der Waals surface area contributed by atoms with E-state index in [0.717, 1.165) is 24.5 Å². The van der Waals surface area contributed by atoms with E-state index >= 15 is 0 Å². The van der Waals surface area contributed by atoms with E-state index in [0.29, 0.717) is 0 Å². The summed E-state index contributed by atoms with van der Waals surface area (Å²) in [7, 11) is 2.96. The smallest absolute Gasteiger partial charge is 0.207 e. The minimum Gasteiger partial charge on any atom is -0.207 e. The van der Waals surface area contributed by atoms with Gasteiger partial charge in [-0.3, -0.25) is 0 Å². The van der Waals surface area contributed by atoms with Crippen LogP contribution < -0.4 is 9.13 Å². The molecule has 1 aliphatic rings. The van der Waals surface area contributed by atoms with Gasteiger partial charge in [0.1, 0.15) is 14.1 Å². The second-order valence-corrected chi connectivity index (χ2v) is 5.99. The number of aryl methyl sites for hydroxylation is 2. The predicted octanol–water partition coefficient (Wildman–Crippen LogP) is 3.17. The fourth-order valence-corrected chi connectivity index (χ4v) is 2.95. The highest BCUT2D eigenvalue weighted by Gasteiger charge is 2.80. The van der Waals surface area contributed by atoms with Crippen molar-refractivity contribution in [2.24, 2.45) is 14.1 Å². The molecule has 0 N–H and O–H groups in total. The maximum Gasteiger partial charge on any atom is 0.380 e. The van der Waals surface area contributed by atoms with Gasteiger partial charge in [-0.1, -0.05) is 0 Å². The largest absolute Gasteiger partial charge is 0.380 e. The molecule has 8 heteroatoms. The molecule has 0 bridgehead atoms. The van der Waals surface area contributed by atoms with Crippen LogP contribution in [-0.4, -0.2) is 17.8 Å². The Morgan fingerprint density at radius 2 is 1.04 bits per heavy atom. The Kier molecular flexibility index (Phi) is 3.70. The molecule has 0 aliphatic heterocycles. The Morgan fingerprint density at radius 3 is 1.36 bits per heavy atom. The van der Waals surface area contributed by atoms with Gasteiger partial charge >= 0.3 is 17.8 Å². The summed E-state index contributed by atoms with van der Waals surface area (Å²) in [5, 5.41) is 0. The van der Waals surface area contributed by atoms with Gasteiger partial charge in [0.15, 0.2) is 24.8 Å². The number of hydrogen-bond donors (Lipinski definition) is 0. The number of hydrogen-bond acceptors (Lipinski definition) is 0. The van der Waals surface area contributed by atoms with E-state index in [1.807, 2.05) is 0 Å². The second kappa shape index (κ2) is 5.31. The summed E-state index contributed by atoms with van der Waals surface area (Å²) < 4.78 is 88.4. The first-order valence-corrected chi connectivity index (χ1v) is 7.30. The molecule has 3 rings (SSSR count). The first kappa shape index (κ1) is 17.4. The molecule has 0 amide bonds. The average molecular weight is 360 g/mol. The molecular formula is C17H14F6N2+2. The number of alkyl halides is 6. The fourth-order valence-electron chi connectivity index (χ4n) is 2.95. The van der Waals surface area contributed by atoms with E-state index in [4.69, 9.17) is 0 Å². The van der Waals surface area contributed by atoms with Gasteiger partial charge in [-0.2, -0.15) is 26.3 Å². The molecule has 0 unspecified atom stereocenters. The Labute approximate surface area is 139 Å². The zero-order valence-corrected chi connectivity index (χ0v) is 13.3. The van der Waals surface area contributed by atoms with Gasteiger partial charge in [-0.25, -0.2) is 9.13 Å². The fraction of sp³-hybridized carbons (Fsp3) is 0.294. The molecule has 0 saturated carbocycles. The minimum absolute atomic E-state index is 0.381. The van der Waals surface area contributed by atoms with Gasteiger partial charge in [0, 0.05) is 23.3 Å². The third-order valence-electron chi connectivity index (χ3n) is 4.12. The molecule has 2 aromatic heterocycles. The van der Waals surface area contributed by atoms with Crippen LogP contribution in [0, 0.1) is 0 Å². The lowest BCUT2D eigenvalue weighted by Crippen LogP contribution is -2.49. The molecule has 0 radical (unpaired) electrons. The van der Waals surface area contributed by atoms with Crippen LogP contribution in [0.3, 0.4) is 0 Å². The highest BCUT2D eigenvalue weighted by molar-refractivity contribution is 6.00. The van der Waals surface area contributed by atoms with Gasteiger partial charge in [0.25, 0.3) is 0 Å². The van der Waals surface area contributed by atoms with E-state index < -0.39 is 28.9 Å². The Hall–Kier alpha value is -2.38. The van der Waals surface area contributed by atoms with Crippen molar-refractivity contribution in [3.63, 3.8) is 0 Å². The SMILES string of the molecule is C[n+]1cccc(C2=C(c3ccc[n+](C)c3)C(F)(F)C(F)(F)C2(F)F)c1. The summed E-state index contributed by atoms with van der Waals surface area (Å²) in [4.78, 5) is 0. The lowest BCUT2D eigenvalue weighted by Gasteiger charge is -2.25. The van der Waals surface area contributed by atoms with Gasteiger partial charge in [0.05, 0.1) is 11.1 Å². The third kappa shape index (κ3) is 2.34. The van der Waals surface area contributed by atoms with Crippen molar-refractivity contribution in [3.05, 3.63) is 60.2 Å². The highest BCUT2D eigenvalue weighted by Crippen LogP contribution is 2.64. The quantitative estimate of drug-likeness (QED) is 0.574. The molecule has 2 nitrogen and oxygen atoms in total. The topological polar surface area (TPSA) is 7.76 Å². The van der Waals surface area contributed by atoms with Crippen LogP contribution in [-0.2, 0) is 14.1 Å². The Bertz CT molecular complexity index is 803. The van der Waals surface area contributed by atoms with Crippen molar-refractivity contribution in [1.29, 1.82) is 0 Å². The van der Waals surface area contributed by atoms with Gasteiger partial charge < -0.3 is 0 Å². The maximum atomic E-state index is 14.4. The van der Waals surface area contributed by atoms with Crippen LogP contribution >= 0.6 is 0 Å². The summed E-state index contributed by atoms with van der Waals surface area (Å²) in [6, 6.07) is 4.89. The predicted molar refractivity (Wildman–Crippen MR) is 76.9 cm³/mol. The molecule has 0 fully saturated rings. The first-order chi connectivity index (χ1) is 11.5. The Balaban J connectivity index is 2.41. The molecule has 2 heterocycles. The summed E-state index contributed by atoms with van der Waals surface area (Å²) in [5.74, 6) is -15.6. The van der Waals surface area contributed by atoms with Gasteiger partial charge in [-0.05, 0) is 12.1 Å². The molecule has 132 valence electrons. The van der Waals surface area contributed by atoms with E-state index in [1.54, 1.807) is 0 Å². The zero-order chi connectivity index (χ0) is 18.6. The molecule has 0 aromatic carbocycles. The van der Waals surface area contributed by atoms with Crippen LogP contribution in [0.5, 0.6) is 0 Å². The van der Waals surface area contributed by atoms with Crippen molar-refractivity contribution >= 4 is 11.1 Å². The number of aromatic nitrogens is 2. The lowest BCUT2D eigenvalue weighted by molar-refractivity contribution is -0.671. The molecular weight excluding hydrogens is 346 g/mol. The molecule has 1 aliphatic carbocycles. The standard InChI is InChI=1S/C17H14F6N2/c1-24-7-3-5-11(9-24)13-14(12-6-4-8-25(2)10-12)16(20,21)17(22,23)15(13,18)19/h3-10H,1-2H3/q+2. The normalized spacial score (nSPS) is 20.8. The maximum absolute atomic E-state index is 14.4. The van der Waals surface area contributed by atoms with Crippen molar-refractivity contribution in [1.82, 2.24) is 0 Å². The number of pyridine rings is 2. The molecule has 25 heavy (non-hydrogen) atoms. The number of rotatable bonds is 2. The summed E-state index contributed by atoms with van der Waals surface area (Å²) in [5.41, 5.74) is -3.48. The van der Waals surface area contributed by atoms with Crippen molar-refractivity contribution in [2.75, 3.05) is 0 Å². The minimum atomic E-state index is -5.53. The summed E-state index contributed by atoms with van der Waals surface area (Å²) in [6.45, 7) is 0. The molecule has 0 atom stereocenters. The highest BCUT2D eigenvalue weighted by atomic mass is 19.3. The van der Waals surface area contributed by atoms with Gasteiger partial charge in [-0.15, -0.1) is 0 Å². The van der Waals surface area contributed by atoms with Crippen LogP contribution in [0.1, 0.15) is 11.1 Å². The van der Waals surface area contributed by atoms with Crippen LogP contribution in [0.2, 0.25) is 0 Å². The number of allylic oxidation sites excluding steroid dienone is 2. The first-order valence-electron chi connectivity index (χ1n) is 7.30. The van der Waals surface area contributed by atoms with Gasteiger partial charge in [0.2, 0.25) is 0 Å². The molecule has 2 aromatic rings. The monoisotopic (exact) mass is 360 g/mol. The van der Waals surface area contributed by atoms with Crippen molar-refractivity contribution < 1.29 is 35.5 Å². The Morgan fingerprint density at radius 1 is 0.680 bits per heavy atom. The third-order valence-corrected chi connectivity index (χ3v) is 4.12. The van der Waals surface area contributed by atoms with Crippen LogP contribution in [0.4, 0.5) is 26.3 Å². The van der Waals surface area contributed by atoms with E-state index in [-0.39, 0.29) is 11.1 Å². The van der Waals surface area contributed by atoms with Crippen molar-refractivity contribution in [2.45, 2.75) is 17.8 Å². The lowest BCUT2D eigenvalue weighted by atomic mass is 9.97. The molecule has 0 saturated heterocycles. The summed E-state index contributed by atoms with van der Waals surface area (Å²) >= 11 is 0. The molecule has 0 spiro atoms. The van der Waals surface area contributed by atoms with E-state index in [9.17, 15) is 26.3 Å². The number of halogens is 6. The van der Waals surface area contributed by atoms with Crippen LogP contribution in [0.25, 0.3) is 11.1 Å². The second-order valence-electron chi connectivity index (χ2n) is 5.99. The van der Waals surface area contributed by atoms with E-state index in [1.165, 1.54) is 47.8 Å². The number of nitrogens with zero attached hydrogens (tertiary/aromatic N) is 2. The van der Waals surface area contributed by atoms with Crippen molar-refractivity contribution in [3.8, 4) is 0 Å². The zero-order valence-electron chi connectivity index (χ0n) is 13.3. The van der Waals surface area contributed by atoms with E-state index in [2.05, 4.69) is 0 Å². The average Bonchev–Trinajstić information content (AvgIpc) is 2.61. The summed E-state index contributed by atoms with van der Waals surface area (Å²) in [6.07, 6.45) is 5.19.